The topological polar surface area (TPSA) is 600 Å². The first kappa shape index (κ1) is 76.6. The van der Waals surface area contributed by atoms with Crippen LogP contribution in [-0.4, -0.2) is 419 Å². The fourth-order valence-corrected chi connectivity index (χ4v) is 12.6. The lowest BCUT2D eigenvalue weighted by molar-refractivity contribution is -0.421. The highest BCUT2D eigenvalue weighted by Crippen LogP contribution is 2.41. The third kappa shape index (κ3) is 15.7. The highest BCUT2D eigenvalue weighted by molar-refractivity contribution is 5.02. The van der Waals surface area contributed by atoms with Gasteiger partial charge in [-0.2, -0.15) is 0 Å². The van der Waals surface area contributed by atoms with E-state index in [1.54, 1.807) is 0 Å². The molecule has 21 N–H and O–H groups in total. The minimum Gasteiger partial charge on any atom is -0.394 e. The molecule has 0 aromatic heterocycles. The first-order chi connectivity index (χ1) is 44.5. The van der Waals surface area contributed by atoms with Crippen LogP contribution in [-0.2, 0) is 90.0 Å². The summed E-state index contributed by atoms with van der Waals surface area (Å²) in [6, 6.07) is 0. The van der Waals surface area contributed by atoms with E-state index in [1.165, 1.54) is 41.9 Å². The summed E-state index contributed by atoms with van der Waals surface area (Å²) in [5.74, 6) is 0. The Labute approximate surface area is 535 Å². The fourth-order valence-electron chi connectivity index (χ4n) is 12.6. The molecule has 548 valence electrons. The Balaban J connectivity index is 1.06. The Morgan fingerprint density at radius 1 is 0.266 bits per heavy atom. The Hall–Kier alpha value is -1.60. The van der Waals surface area contributed by atoms with Gasteiger partial charge in [-0.1, -0.05) is 0 Å². The summed E-state index contributed by atoms with van der Waals surface area (Å²) in [5.41, 5.74) is 0. The largest absolute Gasteiger partial charge is 0.394 e. The molecular formula is C54H92O40. The van der Waals surface area contributed by atoms with E-state index in [-0.39, 0.29) is 0 Å². The van der Waals surface area contributed by atoms with Gasteiger partial charge < -0.3 is 197 Å². The maximum Gasteiger partial charge on any atom is 0.187 e. The molecule has 94 heavy (non-hydrogen) atoms. The summed E-state index contributed by atoms with van der Waals surface area (Å²) in [5, 5.41) is 232. The zero-order valence-corrected chi connectivity index (χ0v) is 51.5. The molecule has 40 heteroatoms. The Morgan fingerprint density at radius 3 is 1.24 bits per heavy atom. The first-order valence-electron chi connectivity index (χ1n) is 30.7. The third-order valence-corrected chi connectivity index (χ3v) is 18.3. The molecule has 0 bridgehead atoms. The Morgan fingerprint density at radius 2 is 0.681 bits per heavy atom. The molecule has 9 rings (SSSR count). The van der Waals surface area contributed by atoms with Gasteiger partial charge in [-0.05, 0) is 27.7 Å². The van der Waals surface area contributed by atoms with Crippen molar-refractivity contribution in [1.29, 1.82) is 0 Å². The van der Waals surface area contributed by atoms with Crippen molar-refractivity contribution in [3.05, 3.63) is 0 Å². The van der Waals surface area contributed by atoms with Crippen LogP contribution in [0.15, 0.2) is 0 Å². The van der Waals surface area contributed by atoms with Gasteiger partial charge in [0.2, 0.25) is 0 Å². The molecule has 0 saturated carbocycles. The van der Waals surface area contributed by atoms with E-state index in [4.69, 9.17) is 90.0 Å². The molecule has 40 nitrogen and oxygen atoms in total. The van der Waals surface area contributed by atoms with Gasteiger partial charge in [-0.25, -0.2) is 0 Å². The number of hydrogen-bond donors (Lipinski definition) is 21. The zero-order chi connectivity index (χ0) is 68.8. The van der Waals surface area contributed by atoms with Crippen LogP contribution in [0.2, 0.25) is 0 Å². The van der Waals surface area contributed by atoms with E-state index in [9.17, 15) is 107 Å². The average molecular weight is 1380 g/mol. The predicted octanol–water partition coefficient (Wildman–Crippen LogP) is -13.9. The van der Waals surface area contributed by atoms with Crippen LogP contribution in [0, 0.1) is 0 Å². The maximum absolute atomic E-state index is 12.2. The van der Waals surface area contributed by atoms with E-state index in [0.717, 1.165) is 0 Å². The summed E-state index contributed by atoms with van der Waals surface area (Å²) in [4.78, 5) is 0. The van der Waals surface area contributed by atoms with E-state index >= 15 is 0 Å². The van der Waals surface area contributed by atoms with Crippen molar-refractivity contribution in [2.75, 3.05) is 47.3 Å². The molecule has 0 amide bonds. The van der Waals surface area contributed by atoms with Crippen LogP contribution in [0.1, 0.15) is 27.7 Å². The summed E-state index contributed by atoms with van der Waals surface area (Å²) in [7, 11) is 2.58. The van der Waals surface area contributed by atoms with Gasteiger partial charge in [0.1, 0.15) is 183 Å². The third-order valence-electron chi connectivity index (χ3n) is 18.3. The molecule has 9 aliphatic rings. The normalized spacial score (nSPS) is 54.7. The minimum atomic E-state index is -2.29. The molecule has 0 aromatic rings. The van der Waals surface area contributed by atoms with Crippen LogP contribution < -0.4 is 0 Å². The van der Waals surface area contributed by atoms with Gasteiger partial charge in [0.25, 0.3) is 0 Å². The lowest BCUT2D eigenvalue weighted by Gasteiger charge is -2.52. The number of aliphatic hydroxyl groups is 21. The average Bonchev–Trinajstić information content (AvgIpc) is 0.765. The van der Waals surface area contributed by atoms with Gasteiger partial charge in [0.05, 0.1) is 57.5 Å². The fraction of sp³-hybridized carbons (Fsp3) is 1.00. The quantitative estimate of drug-likeness (QED) is 0.0507. The highest BCUT2D eigenvalue weighted by atomic mass is 16.8. The van der Waals surface area contributed by atoms with Crippen molar-refractivity contribution in [2.45, 2.75) is 292 Å². The second-order valence-corrected chi connectivity index (χ2v) is 24.6. The number of aliphatic hydroxyl groups excluding tert-OH is 21. The van der Waals surface area contributed by atoms with Crippen LogP contribution >= 0.6 is 0 Å². The van der Waals surface area contributed by atoms with Crippen LogP contribution in [0.5, 0.6) is 0 Å². The number of methoxy groups -OCH3 is 2. The summed E-state index contributed by atoms with van der Waals surface area (Å²) in [6.07, 6.45) is -79.2. The lowest BCUT2D eigenvalue weighted by atomic mass is 9.94. The second-order valence-electron chi connectivity index (χ2n) is 24.6. The Kier molecular flexibility index (Phi) is 26.5. The molecule has 9 saturated heterocycles. The van der Waals surface area contributed by atoms with E-state index in [1.807, 2.05) is 0 Å². The van der Waals surface area contributed by atoms with E-state index in [0.29, 0.717) is 0 Å². The van der Waals surface area contributed by atoms with Crippen LogP contribution in [0.4, 0.5) is 0 Å². The van der Waals surface area contributed by atoms with Gasteiger partial charge in [-0.15, -0.1) is 0 Å². The van der Waals surface area contributed by atoms with Crippen molar-refractivity contribution in [2.24, 2.45) is 0 Å². The van der Waals surface area contributed by atoms with Crippen LogP contribution in [0.3, 0.4) is 0 Å². The first-order valence-corrected chi connectivity index (χ1v) is 30.7. The van der Waals surface area contributed by atoms with Gasteiger partial charge >= 0.3 is 0 Å². The van der Waals surface area contributed by atoms with Gasteiger partial charge in [0, 0.05) is 14.2 Å². The SMILES string of the molecule is CO[C@@H]1[C@@H](O)[C@H](C)O[C@@H](O[C@H]2[C@@H](O[C@@H]3CO[C@@H](O[C@H]4[C@@H](O[C@H]5O[C@H](C)[C@@H](O)[C@H](O[C@H]6O[C@H](CO)[C@@H](O)[C@H](O)[C@@H]6O)[C@@H]5O)[C@H](O[C@H]5O[C@H](CO)[C@H](O)[C@H](O)[C@H]5O)[C@H](O[C@@H]5[C@@H](O)[C@H](O)O[C@H](CO)[C@H]5O[C@@H]5OC[C@@H](O)[C@H](O)[C@H]5O)O[C@H]4C)[C@H](O)[C@H]3O)O[C@@H](C)[C@H](O)[C@H]2O)[C@@H]1OC. The van der Waals surface area contributed by atoms with Crippen molar-refractivity contribution in [3.8, 4) is 0 Å². The molecule has 0 unspecified atom stereocenters. The molecule has 0 radical (unpaired) electrons. The van der Waals surface area contributed by atoms with Crippen molar-refractivity contribution >= 4 is 0 Å². The predicted molar refractivity (Wildman–Crippen MR) is 289 cm³/mol. The van der Waals surface area contributed by atoms with Crippen molar-refractivity contribution in [3.63, 3.8) is 0 Å². The molecular weight excluding hydrogens is 1290 g/mol. The molecule has 43 atom stereocenters. The minimum absolute atomic E-state index is 0.633. The molecule has 9 heterocycles. The van der Waals surface area contributed by atoms with Crippen LogP contribution in [0.25, 0.3) is 0 Å². The standard InChI is InChI=1S/C54H92O40/c1-12-21(59)30(68)42(92-53-44(77-6)40(76-5)23(61)14(3)82-53)52(81-12)87-20-11-79-48(32(70)27(20)65)88-37-15(4)83-54(91-41-35(73)46(75)84-19(9-57)38(41)89-47-31(69)24(62)16(58)10-78-47)45(94-50-34(72)29(67)26(64)18(8-56)86-50)43(37)93-51-36(74)39(22(60)13(2)80-51)90-49-33(71)28(66)25(63)17(7-55)85-49/h12-75H,7-11H2,1-6H3/t12-,13+,14-,15-,16+,17+,18+,19+,20+,21-,22+,23-,24-,25+,26-,27-,28-,29-,30+,31+,32+,33-,34+,35+,36-,37+,38+,39-,40+,41+,42+,43+,44+,45-,46+,47-,48-,49+,50+,51+,52+,53-,54-/m0/s1. The molecule has 9 aliphatic heterocycles. The maximum atomic E-state index is 12.2. The summed E-state index contributed by atoms with van der Waals surface area (Å²) < 4.78 is 113. The monoisotopic (exact) mass is 1380 g/mol. The van der Waals surface area contributed by atoms with Gasteiger partial charge in [0.15, 0.2) is 56.6 Å². The molecule has 0 aromatic carbocycles. The van der Waals surface area contributed by atoms with E-state index < -0.39 is 297 Å². The van der Waals surface area contributed by atoms with Crippen molar-refractivity contribution < 1.29 is 197 Å². The number of ether oxygens (including phenoxy) is 19. The van der Waals surface area contributed by atoms with Gasteiger partial charge in [-0.3, -0.25) is 0 Å². The summed E-state index contributed by atoms with van der Waals surface area (Å²) in [6.45, 7) is 1.04. The zero-order valence-electron chi connectivity index (χ0n) is 51.5. The second kappa shape index (κ2) is 32.6. The van der Waals surface area contributed by atoms with Crippen molar-refractivity contribution in [1.82, 2.24) is 0 Å². The molecule has 0 spiro atoms. The van der Waals surface area contributed by atoms with E-state index in [2.05, 4.69) is 0 Å². The smallest absolute Gasteiger partial charge is 0.187 e. The molecule has 9 fully saturated rings. The Bertz CT molecular complexity index is 2310. The molecule has 0 aliphatic carbocycles. The number of rotatable bonds is 21. The lowest BCUT2D eigenvalue weighted by Crippen LogP contribution is -2.70. The summed E-state index contributed by atoms with van der Waals surface area (Å²) >= 11 is 0. The highest BCUT2D eigenvalue weighted by Gasteiger charge is 2.61. The number of hydrogen-bond acceptors (Lipinski definition) is 40.